The summed E-state index contributed by atoms with van der Waals surface area (Å²) in [6, 6.07) is 1.94. The van der Waals surface area contributed by atoms with E-state index in [-0.39, 0.29) is 5.69 Å². The molecule has 0 atom stereocenters. The predicted molar refractivity (Wildman–Crippen MR) is 77.3 cm³/mol. The second-order valence-electron chi connectivity index (χ2n) is 4.84. The van der Waals surface area contributed by atoms with Crippen LogP contribution >= 0.6 is 0 Å². The van der Waals surface area contributed by atoms with Crippen molar-refractivity contribution in [2.45, 2.75) is 18.0 Å². The van der Waals surface area contributed by atoms with Gasteiger partial charge in [0.05, 0.1) is 23.8 Å². The average molecular weight is 362 g/mol. The van der Waals surface area contributed by atoms with Crippen molar-refractivity contribution in [2.75, 3.05) is 5.75 Å². The second-order valence-corrected chi connectivity index (χ2v) is 7.09. The lowest BCUT2D eigenvalue weighted by atomic mass is 10.2. The van der Waals surface area contributed by atoms with Gasteiger partial charge in [-0.05, 0) is 18.2 Å². The van der Waals surface area contributed by atoms with Gasteiger partial charge in [-0.3, -0.25) is 0 Å². The zero-order valence-electron chi connectivity index (χ0n) is 12.7. The van der Waals surface area contributed by atoms with E-state index in [0.29, 0.717) is 12.1 Å². The maximum absolute atomic E-state index is 12.8. The summed E-state index contributed by atoms with van der Waals surface area (Å²) < 4.78 is 68.9. The Hall–Kier alpha value is -2.36. The summed E-state index contributed by atoms with van der Waals surface area (Å²) in [5.74, 6) is -1.83. The summed E-state index contributed by atoms with van der Waals surface area (Å²) in [5.41, 5.74) is -1.12. The monoisotopic (exact) mass is 362 g/mol. The highest BCUT2D eigenvalue weighted by atomic mass is 32.2. The van der Waals surface area contributed by atoms with Gasteiger partial charge in [0.15, 0.2) is 9.84 Å². The van der Waals surface area contributed by atoms with Crippen LogP contribution in [-0.4, -0.2) is 29.7 Å². The van der Waals surface area contributed by atoms with E-state index in [1.807, 2.05) is 0 Å². The highest BCUT2D eigenvalue weighted by molar-refractivity contribution is 7.91. The lowest BCUT2D eigenvalue weighted by Gasteiger charge is -2.13. The SMILES string of the molecule is CCS(=O)(=O)c1cc(C(F)(F)F)ccc1OC(=O)c1cncn1C. The number of nitrogens with zero attached hydrogens (tertiary/aromatic N) is 2. The van der Waals surface area contributed by atoms with Gasteiger partial charge < -0.3 is 9.30 Å². The lowest BCUT2D eigenvalue weighted by molar-refractivity contribution is -0.137. The number of esters is 1. The topological polar surface area (TPSA) is 78.3 Å². The molecule has 0 aliphatic rings. The van der Waals surface area contributed by atoms with Gasteiger partial charge in [-0.25, -0.2) is 18.2 Å². The number of carbonyl (C=O) groups is 1. The zero-order valence-corrected chi connectivity index (χ0v) is 13.5. The minimum absolute atomic E-state index is 0.0229. The molecule has 6 nitrogen and oxygen atoms in total. The first-order valence-corrected chi connectivity index (χ1v) is 8.34. The largest absolute Gasteiger partial charge is 0.420 e. The fourth-order valence-electron chi connectivity index (χ4n) is 1.87. The summed E-state index contributed by atoms with van der Waals surface area (Å²) in [6.07, 6.45) is -2.20. The molecule has 1 heterocycles. The third kappa shape index (κ3) is 3.58. The molecule has 0 aliphatic carbocycles. The zero-order chi connectivity index (χ0) is 18.1. The van der Waals surface area contributed by atoms with Crippen LogP contribution in [-0.2, 0) is 23.1 Å². The Labute approximate surface area is 135 Å². The molecule has 0 spiro atoms. The average Bonchev–Trinajstić information content (AvgIpc) is 2.92. The van der Waals surface area contributed by atoms with Gasteiger partial charge in [0.25, 0.3) is 0 Å². The molecular weight excluding hydrogens is 349 g/mol. The van der Waals surface area contributed by atoms with Crippen LogP contribution in [0.2, 0.25) is 0 Å². The summed E-state index contributed by atoms with van der Waals surface area (Å²) in [6.45, 7) is 1.28. The highest BCUT2D eigenvalue weighted by Crippen LogP contribution is 2.35. The van der Waals surface area contributed by atoms with E-state index >= 15 is 0 Å². The maximum atomic E-state index is 12.8. The van der Waals surface area contributed by atoms with Crippen molar-refractivity contribution in [3.05, 3.63) is 42.0 Å². The summed E-state index contributed by atoms with van der Waals surface area (Å²) in [4.78, 5) is 15.1. The molecule has 0 saturated carbocycles. The van der Waals surface area contributed by atoms with E-state index in [2.05, 4.69) is 4.98 Å². The molecule has 0 N–H and O–H groups in total. The van der Waals surface area contributed by atoms with E-state index in [9.17, 15) is 26.4 Å². The van der Waals surface area contributed by atoms with Crippen molar-refractivity contribution in [3.63, 3.8) is 0 Å². The summed E-state index contributed by atoms with van der Waals surface area (Å²) in [5, 5.41) is 0. The van der Waals surface area contributed by atoms with Crippen LogP contribution in [0.15, 0.2) is 35.6 Å². The van der Waals surface area contributed by atoms with E-state index < -0.39 is 43.9 Å². The second kappa shape index (κ2) is 6.27. The Morgan fingerprint density at radius 1 is 1.33 bits per heavy atom. The number of benzene rings is 1. The number of rotatable bonds is 4. The normalized spacial score (nSPS) is 12.2. The van der Waals surface area contributed by atoms with E-state index in [4.69, 9.17) is 4.74 Å². The number of alkyl halides is 3. The molecule has 0 unspecified atom stereocenters. The molecule has 10 heteroatoms. The Kier molecular flexibility index (Phi) is 4.70. The molecule has 0 aliphatic heterocycles. The molecule has 2 rings (SSSR count). The molecule has 2 aromatic rings. The Balaban J connectivity index is 2.50. The molecular formula is C14H13F3N2O4S. The highest BCUT2D eigenvalue weighted by Gasteiger charge is 2.33. The molecule has 1 aromatic carbocycles. The Bertz CT molecular complexity index is 872. The third-order valence-electron chi connectivity index (χ3n) is 3.21. The van der Waals surface area contributed by atoms with Crippen LogP contribution in [0.3, 0.4) is 0 Å². The first kappa shape index (κ1) is 18.0. The van der Waals surface area contributed by atoms with Crippen molar-refractivity contribution in [1.82, 2.24) is 9.55 Å². The minimum Gasteiger partial charge on any atom is -0.420 e. The van der Waals surface area contributed by atoms with E-state index in [1.165, 1.54) is 31.1 Å². The van der Waals surface area contributed by atoms with Gasteiger partial charge in [-0.1, -0.05) is 6.92 Å². The van der Waals surface area contributed by atoms with Crippen LogP contribution < -0.4 is 4.74 Å². The first-order valence-electron chi connectivity index (χ1n) is 6.68. The van der Waals surface area contributed by atoms with E-state index in [0.717, 1.165) is 6.07 Å². The van der Waals surface area contributed by atoms with Crippen LogP contribution in [0.5, 0.6) is 5.75 Å². The van der Waals surface area contributed by atoms with Crippen LogP contribution in [0.4, 0.5) is 13.2 Å². The van der Waals surface area contributed by atoms with Gasteiger partial charge in [0.1, 0.15) is 16.3 Å². The fourth-order valence-corrected chi connectivity index (χ4v) is 2.91. The summed E-state index contributed by atoms with van der Waals surface area (Å²) in [7, 11) is -2.52. The number of ether oxygens (including phenoxy) is 1. The molecule has 0 amide bonds. The van der Waals surface area contributed by atoms with Gasteiger partial charge in [0.2, 0.25) is 0 Å². The van der Waals surface area contributed by atoms with Crippen molar-refractivity contribution < 1.29 is 31.1 Å². The third-order valence-corrected chi connectivity index (χ3v) is 4.96. The molecule has 1 aromatic heterocycles. The van der Waals surface area contributed by atoms with Crippen molar-refractivity contribution >= 4 is 15.8 Å². The molecule has 0 bridgehead atoms. The number of hydrogen-bond acceptors (Lipinski definition) is 5. The summed E-state index contributed by atoms with van der Waals surface area (Å²) >= 11 is 0. The smallest absolute Gasteiger partial charge is 0.416 e. The van der Waals surface area contributed by atoms with Gasteiger partial charge in [0, 0.05) is 7.05 Å². The Morgan fingerprint density at radius 2 is 2.00 bits per heavy atom. The lowest BCUT2D eigenvalue weighted by Crippen LogP contribution is -2.16. The number of sulfone groups is 1. The van der Waals surface area contributed by atoms with Crippen molar-refractivity contribution in [2.24, 2.45) is 7.05 Å². The van der Waals surface area contributed by atoms with Crippen LogP contribution in [0.25, 0.3) is 0 Å². The van der Waals surface area contributed by atoms with Gasteiger partial charge in [-0.15, -0.1) is 0 Å². The van der Waals surface area contributed by atoms with Crippen LogP contribution in [0.1, 0.15) is 23.0 Å². The number of halogens is 3. The molecule has 130 valence electrons. The molecule has 0 radical (unpaired) electrons. The van der Waals surface area contributed by atoms with Crippen molar-refractivity contribution in [1.29, 1.82) is 0 Å². The van der Waals surface area contributed by atoms with Gasteiger partial charge in [-0.2, -0.15) is 13.2 Å². The number of aryl methyl sites for hydroxylation is 1. The maximum Gasteiger partial charge on any atom is 0.416 e. The molecule has 0 fully saturated rings. The first-order chi connectivity index (χ1) is 11.1. The fraction of sp³-hybridized carbons (Fsp3) is 0.286. The Morgan fingerprint density at radius 3 is 2.50 bits per heavy atom. The van der Waals surface area contributed by atoms with Gasteiger partial charge >= 0.3 is 12.1 Å². The minimum atomic E-state index is -4.72. The van der Waals surface area contributed by atoms with Crippen LogP contribution in [0, 0.1) is 0 Å². The number of hydrogen-bond donors (Lipinski definition) is 0. The number of aromatic nitrogens is 2. The standard InChI is InChI=1S/C14H13F3N2O4S/c1-3-24(21,22)12-6-9(14(15,16)17)4-5-11(12)23-13(20)10-7-18-8-19(10)2/h4-8H,3H2,1-2H3. The molecule has 24 heavy (non-hydrogen) atoms. The predicted octanol–water partition coefficient (Wildman–Crippen LogP) is 2.45. The van der Waals surface area contributed by atoms with E-state index in [1.54, 1.807) is 0 Å². The quantitative estimate of drug-likeness (QED) is 0.617. The molecule has 0 saturated heterocycles. The number of carbonyl (C=O) groups excluding carboxylic acids is 1. The van der Waals surface area contributed by atoms with Crippen molar-refractivity contribution in [3.8, 4) is 5.75 Å². The number of imidazole rings is 1.